The first-order valence-corrected chi connectivity index (χ1v) is 8.87. The SMILES string of the molecule is [B]c1ccc(-c2ccc(-c3ccccc3)c3oc4ccccc4c23)c([B])c1. The van der Waals surface area contributed by atoms with E-state index in [4.69, 9.17) is 20.1 Å². The first kappa shape index (κ1) is 16.0. The van der Waals surface area contributed by atoms with E-state index in [0.29, 0.717) is 10.9 Å². The van der Waals surface area contributed by atoms with Crippen LogP contribution in [0.5, 0.6) is 0 Å². The Bertz CT molecular complexity index is 1290. The number of benzene rings is 4. The molecule has 1 nitrogen and oxygen atoms in total. The van der Waals surface area contributed by atoms with Crippen LogP contribution in [0.2, 0.25) is 0 Å². The zero-order valence-electron chi connectivity index (χ0n) is 14.6. The van der Waals surface area contributed by atoms with Crippen molar-refractivity contribution in [1.82, 2.24) is 0 Å². The molecule has 5 rings (SSSR count). The molecule has 5 aromatic rings. The Morgan fingerprint density at radius 3 is 2.15 bits per heavy atom. The molecule has 3 heteroatoms. The molecule has 0 aliphatic heterocycles. The van der Waals surface area contributed by atoms with Crippen molar-refractivity contribution in [3.63, 3.8) is 0 Å². The molecular formula is C24H14B2O. The maximum absolute atomic E-state index is 6.30. The molecule has 0 fully saturated rings. The van der Waals surface area contributed by atoms with Gasteiger partial charge in [-0.3, -0.25) is 0 Å². The molecule has 0 saturated carbocycles. The van der Waals surface area contributed by atoms with Crippen molar-refractivity contribution < 1.29 is 4.42 Å². The molecule has 0 unspecified atom stereocenters. The Morgan fingerprint density at radius 1 is 0.630 bits per heavy atom. The van der Waals surface area contributed by atoms with Crippen LogP contribution in [-0.2, 0) is 0 Å². The quantitative estimate of drug-likeness (QED) is 0.431. The van der Waals surface area contributed by atoms with E-state index in [1.165, 1.54) is 0 Å². The van der Waals surface area contributed by atoms with Crippen molar-refractivity contribution in [2.24, 2.45) is 0 Å². The molecular weight excluding hydrogens is 326 g/mol. The van der Waals surface area contributed by atoms with Gasteiger partial charge in [0.15, 0.2) is 0 Å². The van der Waals surface area contributed by atoms with E-state index in [1.54, 1.807) is 6.07 Å². The Hall–Kier alpha value is -3.19. The van der Waals surface area contributed by atoms with E-state index in [2.05, 4.69) is 30.3 Å². The standard InChI is InChI=1S/C24H14B2O/c25-16-10-11-18(21(26)14-16)19-13-12-17(15-6-2-1-3-7-15)24-23(19)20-8-4-5-9-22(20)27-24/h1-14H. The van der Waals surface area contributed by atoms with E-state index in [9.17, 15) is 0 Å². The van der Waals surface area contributed by atoms with Crippen LogP contribution >= 0.6 is 0 Å². The summed E-state index contributed by atoms with van der Waals surface area (Å²) in [5.74, 6) is 0. The van der Waals surface area contributed by atoms with Crippen molar-refractivity contribution in [3.05, 3.63) is 84.9 Å². The van der Waals surface area contributed by atoms with Crippen LogP contribution in [0, 0.1) is 0 Å². The highest BCUT2D eigenvalue weighted by Gasteiger charge is 2.17. The van der Waals surface area contributed by atoms with Gasteiger partial charge < -0.3 is 4.42 Å². The third-order valence-corrected chi connectivity index (χ3v) is 4.98. The number of fused-ring (bicyclic) bond motifs is 3. The lowest BCUT2D eigenvalue weighted by Crippen LogP contribution is -2.15. The topological polar surface area (TPSA) is 13.1 Å². The van der Waals surface area contributed by atoms with Crippen LogP contribution < -0.4 is 10.9 Å². The predicted octanol–water partition coefficient (Wildman–Crippen LogP) is 4.51. The maximum atomic E-state index is 6.30. The summed E-state index contributed by atoms with van der Waals surface area (Å²) >= 11 is 0. The van der Waals surface area contributed by atoms with Gasteiger partial charge in [-0.05, 0) is 28.8 Å². The zero-order valence-corrected chi connectivity index (χ0v) is 14.6. The summed E-state index contributed by atoms with van der Waals surface area (Å²) in [5.41, 5.74) is 7.26. The summed E-state index contributed by atoms with van der Waals surface area (Å²) in [5, 5.41) is 2.15. The Morgan fingerprint density at radius 2 is 1.33 bits per heavy atom. The molecule has 1 heterocycles. The molecule has 4 aromatic carbocycles. The van der Waals surface area contributed by atoms with E-state index in [0.717, 1.165) is 44.2 Å². The minimum atomic E-state index is 0.658. The lowest BCUT2D eigenvalue weighted by molar-refractivity contribution is 0.670. The van der Waals surface area contributed by atoms with E-state index in [1.807, 2.05) is 48.5 Å². The number of furan rings is 1. The molecule has 0 amide bonds. The lowest BCUT2D eigenvalue weighted by atomic mass is 9.81. The molecule has 0 bridgehead atoms. The van der Waals surface area contributed by atoms with Gasteiger partial charge in [0.05, 0.1) is 0 Å². The monoisotopic (exact) mass is 340 g/mol. The zero-order chi connectivity index (χ0) is 18.4. The van der Waals surface area contributed by atoms with Gasteiger partial charge in [-0.25, -0.2) is 0 Å². The molecule has 4 radical (unpaired) electrons. The molecule has 0 aliphatic carbocycles. The summed E-state index contributed by atoms with van der Waals surface area (Å²) in [7, 11) is 12.2. The minimum Gasteiger partial charge on any atom is -0.455 e. The summed E-state index contributed by atoms with van der Waals surface area (Å²) < 4.78 is 6.30. The second-order valence-electron chi connectivity index (χ2n) is 6.68. The summed E-state index contributed by atoms with van der Waals surface area (Å²) in [6, 6.07) is 28.3. The van der Waals surface area contributed by atoms with Crippen LogP contribution in [-0.4, -0.2) is 15.7 Å². The van der Waals surface area contributed by atoms with Crippen LogP contribution in [0.4, 0.5) is 0 Å². The molecule has 0 saturated heterocycles. The number of para-hydroxylation sites is 1. The Kier molecular flexibility index (Phi) is 3.68. The maximum Gasteiger partial charge on any atom is 0.143 e. The van der Waals surface area contributed by atoms with Crippen LogP contribution in [0.15, 0.2) is 89.3 Å². The van der Waals surface area contributed by atoms with Gasteiger partial charge >= 0.3 is 0 Å². The average molecular weight is 340 g/mol. The summed E-state index contributed by atoms with van der Waals surface area (Å²) in [6.07, 6.45) is 0. The van der Waals surface area contributed by atoms with Crippen molar-refractivity contribution in [2.75, 3.05) is 0 Å². The van der Waals surface area contributed by atoms with Crippen LogP contribution in [0.1, 0.15) is 0 Å². The van der Waals surface area contributed by atoms with Gasteiger partial charge in [-0.2, -0.15) is 0 Å². The number of hydrogen-bond donors (Lipinski definition) is 0. The van der Waals surface area contributed by atoms with Crippen molar-refractivity contribution in [1.29, 1.82) is 0 Å². The van der Waals surface area contributed by atoms with Crippen molar-refractivity contribution in [2.45, 2.75) is 0 Å². The molecule has 1 aromatic heterocycles. The fourth-order valence-electron chi connectivity index (χ4n) is 3.72. The highest BCUT2D eigenvalue weighted by molar-refractivity contribution is 6.40. The minimum absolute atomic E-state index is 0.658. The van der Waals surface area contributed by atoms with Crippen molar-refractivity contribution >= 4 is 48.6 Å². The molecule has 0 N–H and O–H groups in total. The second kappa shape index (κ2) is 6.21. The van der Waals surface area contributed by atoms with Gasteiger partial charge in [0, 0.05) is 16.3 Å². The molecule has 0 spiro atoms. The van der Waals surface area contributed by atoms with Crippen LogP contribution in [0.3, 0.4) is 0 Å². The normalized spacial score (nSPS) is 11.3. The summed E-state index contributed by atoms with van der Waals surface area (Å²) in [6.45, 7) is 0. The number of rotatable bonds is 2. The van der Waals surface area contributed by atoms with E-state index < -0.39 is 0 Å². The molecule has 0 atom stereocenters. The van der Waals surface area contributed by atoms with Crippen LogP contribution in [0.25, 0.3) is 44.2 Å². The van der Waals surface area contributed by atoms with Gasteiger partial charge in [0.2, 0.25) is 0 Å². The van der Waals surface area contributed by atoms with E-state index in [-0.39, 0.29) is 0 Å². The van der Waals surface area contributed by atoms with E-state index >= 15 is 0 Å². The Balaban J connectivity index is 1.91. The lowest BCUT2D eigenvalue weighted by Gasteiger charge is -2.11. The van der Waals surface area contributed by atoms with Gasteiger partial charge in [-0.1, -0.05) is 83.7 Å². The fourth-order valence-corrected chi connectivity index (χ4v) is 3.72. The van der Waals surface area contributed by atoms with Crippen molar-refractivity contribution in [3.8, 4) is 22.3 Å². The largest absolute Gasteiger partial charge is 0.455 e. The smallest absolute Gasteiger partial charge is 0.143 e. The van der Waals surface area contributed by atoms with Gasteiger partial charge in [-0.15, -0.1) is 0 Å². The Labute approximate surface area is 160 Å². The molecule has 27 heavy (non-hydrogen) atoms. The molecule has 122 valence electrons. The first-order valence-electron chi connectivity index (χ1n) is 8.87. The fraction of sp³-hybridized carbons (Fsp3) is 0. The second-order valence-corrected chi connectivity index (χ2v) is 6.68. The third kappa shape index (κ3) is 2.59. The number of hydrogen-bond acceptors (Lipinski definition) is 1. The van der Waals surface area contributed by atoms with Gasteiger partial charge in [0.25, 0.3) is 0 Å². The third-order valence-electron chi connectivity index (χ3n) is 4.98. The average Bonchev–Trinajstić information content (AvgIpc) is 3.08. The predicted molar refractivity (Wildman–Crippen MR) is 115 cm³/mol. The van der Waals surface area contributed by atoms with Gasteiger partial charge in [0.1, 0.15) is 26.9 Å². The summed E-state index contributed by atoms with van der Waals surface area (Å²) in [4.78, 5) is 0. The molecule has 0 aliphatic rings. The first-order chi connectivity index (χ1) is 13.2. The highest BCUT2D eigenvalue weighted by atomic mass is 16.3. The highest BCUT2D eigenvalue weighted by Crippen LogP contribution is 2.41.